The van der Waals surface area contributed by atoms with Crippen molar-refractivity contribution in [3.8, 4) is 12.3 Å². The number of amides is 1. The standard InChI is InChI=1S/C16H29NO4/c1-7-10-19-12-16(5,6)13-20-11-8-9-17-14(18)21-15(2,3)4/h1H,8-13H2,2-6H3,(H,17,18). The van der Waals surface area contributed by atoms with Crippen LogP contribution in [-0.2, 0) is 14.2 Å². The normalized spacial score (nSPS) is 11.8. The van der Waals surface area contributed by atoms with E-state index < -0.39 is 11.7 Å². The van der Waals surface area contributed by atoms with Crippen molar-refractivity contribution in [3.05, 3.63) is 0 Å². The molecule has 0 saturated carbocycles. The van der Waals surface area contributed by atoms with Gasteiger partial charge in [0.1, 0.15) is 12.2 Å². The largest absolute Gasteiger partial charge is 0.444 e. The van der Waals surface area contributed by atoms with E-state index >= 15 is 0 Å². The molecule has 122 valence electrons. The Morgan fingerprint density at radius 3 is 2.33 bits per heavy atom. The number of nitrogens with one attached hydrogen (secondary N) is 1. The zero-order valence-electron chi connectivity index (χ0n) is 14.0. The summed E-state index contributed by atoms with van der Waals surface area (Å²) in [7, 11) is 0. The molecule has 0 aliphatic carbocycles. The number of carbonyl (C=O) groups excluding carboxylic acids is 1. The van der Waals surface area contributed by atoms with Crippen LogP contribution >= 0.6 is 0 Å². The highest BCUT2D eigenvalue weighted by Crippen LogP contribution is 2.15. The summed E-state index contributed by atoms with van der Waals surface area (Å²) in [6, 6.07) is 0. The molecular formula is C16H29NO4. The first-order valence-electron chi connectivity index (χ1n) is 7.22. The number of hydrogen-bond donors (Lipinski definition) is 1. The summed E-state index contributed by atoms with van der Waals surface area (Å²) >= 11 is 0. The highest BCUT2D eigenvalue weighted by molar-refractivity contribution is 5.67. The van der Waals surface area contributed by atoms with Gasteiger partial charge >= 0.3 is 6.09 Å². The SMILES string of the molecule is C#CCOCC(C)(C)COCCCNC(=O)OC(C)(C)C. The van der Waals surface area contributed by atoms with Gasteiger partial charge in [-0.3, -0.25) is 0 Å². The first-order chi connectivity index (χ1) is 9.66. The molecule has 0 saturated heterocycles. The second-order valence-corrected chi connectivity index (χ2v) is 6.70. The molecule has 1 amide bonds. The van der Waals surface area contributed by atoms with E-state index in [0.29, 0.717) is 33.0 Å². The van der Waals surface area contributed by atoms with Crippen LogP contribution in [-0.4, -0.2) is 44.7 Å². The van der Waals surface area contributed by atoms with Gasteiger partial charge in [0.15, 0.2) is 0 Å². The molecule has 0 radical (unpaired) electrons. The molecule has 0 bridgehead atoms. The average molecular weight is 299 g/mol. The molecule has 21 heavy (non-hydrogen) atoms. The van der Waals surface area contributed by atoms with Gasteiger partial charge < -0.3 is 19.5 Å². The number of alkyl carbamates (subject to hydrolysis) is 1. The molecule has 0 fully saturated rings. The van der Waals surface area contributed by atoms with Gasteiger partial charge in [0.05, 0.1) is 13.2 Å². The van der Waals surface area contributed by atoms with Crippen molar-refractivity contribution in [2.24, 2.45) is 5.41 Å². The fourth-order valence-electron chi connectivity index (χ4n) is 1.46. The zero-order chi connectivity index (χ0) is 16.4. The third-order valence-corrected chi connectivity index (χ3v) is 2.30. The quantitative estimate of drug-likeness (QED) is 0.525. The van der Waals surface area contributed by atoms with Gasteiger partial charge in [0.2, 0.25) is 0 Å². The van der Waals surface area contributed by atoms with Crippen LogP contribution in [0.5, 0.6) is 0 Å². The topological polar surface area (TPSA) is 56.8 Å². The van der Waals surface area contributed by atoms with Crippen LogP contribution in [0.1, 0.15) is 41.0 Å². The van der Waals surface area contributed by atoms with E-state index in [1.165, 1.54) is 0 Å². The van der Waals surface area contributed by atoms with Gasteiger partial charge in [-0.05, 0) is 27.2 Å². The Hall–Kier alpha value is -1.25. The lowest BCUT2D eigenvalue weighted by Crippen LogP contribution is -2.33. The smallest absolute Gasteiger partial charge is 0.407 e. The van der Waals surface area contributed by atoms with Gasteiger partial charge in [-0.15, -0.1) is 6.42 Å². The average Bonchev–Trinajstić information content (AvgIpc) is 2.31. The van der Waals surface area contributed by atoms with E-state index in [2.05, 4.69) is 25.1 Å². The maximum absolute atomic E-state index is 11.4. The van der Waals surface area contributed by atoms with Crippen LogP contribution in [0.15, 0.2) is 0 Å². The minimum Gasteiger partial charge on any atom is -0.444 e. The van der Waals surface area contributed by atoms with Crippen LogP contribution in [0.2, 0.25) is 0 Å². The summed E-state index contributed by atoms with van der Waals surface area (Å²) in [6.45, 7) is 12.2. The number of hydrogen-bond acceptors (Lipinski definition) is 4. The fraction of sp³-hybridized carbons (Fsp3) is 0.812. The van der Waals surface area contributed by atoms with Crippen LogP contribution in [0.3, 0.4) is 0 Å². The highest BCUT2D eigenvalue weighted by Gasteiger charge is 2.18. The second kappa shape index (κ2) is 9.64. The van der Waals surface area contributed by atoms with E-state index in [1.807, 2.05) is 20.8 Å². The molecule has 0 rings (SSSR count). The lowest BCUT2D eigenvalue weighted by Gasteiger charge is -2.23. The van der Waals surface area contributed by atoms with E-state index in [1.54, 1.807) is 0 Å². The molecule has 0 unspecified atom stereocenters. The summed E-state index contributed by atoms with van der Waals surface area (Å²) in [5.41, 5.74) is -0.543. The number of carbonyl (C=O) groups is 1. The molecule has 0 aromatic rings. The first kappa shape index (κ1) is 19.8. The molecule has 5 heteroatoms. The van der Waals surface area contributed by atoms with E-state index in [4.69, 9.17) is 20.6 Å². The Labute approximate surface area is 128 Å². The van der Waals surface area contributed by atoms with Gasteiger partial charge in [-0.2, -0.15) is 0 Å². The predicted molar refractivity (Wildman–Crippen MR) is 83.1 cm³/mol. The molecule has 0 aromatic carbocycles. The molecule has 0 aliphatic heterocycles. The maximum Gasteiger partial charge on any atom is 0.407 e. The lowest BCUT2D eigenvalue weighted by molar-refractivity contribution is 0.00440. The number of rotatable bonds is 9. The van der Waals surface area contributed by atoms with E-state index in [-0.39, 0.29) is 5.41 Å². The Bertz CT molecular complexity index is 339. The number of terminal acetylenes is 1. The predicted octanol–water partition coefficient (Wildman–Crippen LogP) is 2.59. The van der Waals surface area contributed by atoms with Crippen molar-refractivity contribution in [2.45, 2.75) is 46.6 Å². The Kier molecular flexibility index (Phi) is 9.07. The molecule has 0 aromatic heterocycles. The van der Waals surface area contributed by atoms with Crippen LogP contribution < -0.4 is 5.32 Å². The number of ether oxygens (including phenoxy) is 3. The van der Waals surface area contributed by atoms with E-state index in [9.17, 15) is 4.79 Å². The van der Waals surface area contributed by atoms with Crippen LogP contribution in [0.25, 0.3) is 0 Å². The van der Waals surface area contributed by atoms with Crippen molar-refractivity contribution < 1.29 is 19.0 Å². The van der Waals surface area contributed by atoms with Gasteiger partial charge in [0.25, 0.3) is 0 Å². The first-order valence-corrected chi connectivity index (χ1v) is 7.22. The molecule has 1 N–H and O–H groups in total. The third kappa shape index (κ3) is 13.5. The van der Waals surface area contributed by atoms with Gasteiger partial charge in [0, 0.05) is 18.6 Å². The molecule has 0 atom stereocenters. The van der Waals surface area contributed by atoms with E-state index in [0.717, 1.165) is 6.42 Å². The lowest BCUT2D eigenvalue weighted by atomic mass is 9.96. The molecular weight excluding hydrogens is 270 g/mol. The summed E-state index contributed by atoms with van der Waals surface area (Å²) < 4.78 is 16.0. The summed E-state index contributed by atoms with van der Waals surface area (Å²) in [6.07, 6.45) is 5.46. The summed E-state index contributed by atoms with van der Waals surface area (Å²) in [4.78, 5) is 11.4. The minimum atomic E-state index is -0.469. The summed E-state index contributed by atoms with van der Waals surface area (Å²) in [5, 5.41) is 2.69. The Balaban J connectivity index is 3.59. The van der Waals surface area contributed by atoms with Crippen molar-refractivity contribution in [3.63, 3.8) is 0 Å². The monoisotopic (exact) mass is 299 g/mol. The van der Waals surface area contributed by atoms with Crippen molar-refractivity contribution >= 4 is 6.09 Å². The molecule has 0 aliphatic rings. The fourth-order valence-corrected chi connectivity index (χ4v) is 1.46. The minimum absolute atomic E-state index is 0.0740. The van der Waals surface area contributed by atoms with Crippen molar-refractivity contribution in [2.75, 3.05) is 33.0 Å². The zero-order valence-corrected chi connectivity index (χ0v) is 14.0. The Morgan fingerprint density at radius 2 is 1.76 bits per heavy atom. The van der Waals surface area contributed by atoms with Gasteiger partial charge in [-0.1, -0.05) is 19.8 Å². The highest BCUT2D eigenvalue weighted by atomic mass is 16.6. The summed E-state index contributed by atoms with van der Waals surface area (Å²) in [5.74, 6) is 2.44. The van der Waals surface area contributed by atoms with Crippen LogP contribution in [0.4, 0.5) is 4.79 Å². The van der Waals surface area contributed by atoms with Crippen LogP contribution in [0, 0.1) is 17.8 Å². The van der Waals surface area contributed by atoms with Crippen molar-refractivity contribution in [1.82, 2.24) is 5.32 Å². The third-order valence-electron chi connectivity index (χ3n) is 2.30. The van der Waals surface area contributed by atoms with Gasteiger partial charge in [-0.25, -0.2) is 4.79 Å². The molecule has 0 spiro atoms. The molecule has 5 nitrogen and oxygen atoms in total. The Morgan fingerprint density at radius 1 is 1.14 bits per heavy atom. The molecule has 0 heterocycles. The maximum atomic E-state index is 11.4. The second-order valence-electron chi connectivity index (χ2n) is 6.70. The van der Waals surface area contributed by atoms with Crippen molar-refractivity contribution in [1.29, 1.82) is 0 Å².